The average Bonchev–Trinajstić information content (AvgIpc) is 2.62. The summed E-state index contributed by atoms with van der Waals surface area (Å²) >= 11 is 0. The number of sulfonamides is 1. The van der Waals surface area contributed by atoms with E-state index in [1.165, 1.54) is 12.1 Å². The standard InChI is InChI=1S/C19H22N2O3S/c1-15-8-5-6-13-21(15)19(22)16-9-7-10-17(14-16)20-25(23,24)18-11-3-2-4-12-18/h2-4,7,9-12,14-15,20H,5-6,8,13H2,1H3. The molecule has 132 valence electrons. The molecule has 0 saturated carbocycles. The molecule has 6 heteroatoms. The maximum atomic E-state index is 12.7. The number of carbonyl (C=O) groups is 1. The Morgan fingerprint density at radius 1 is 1.08 bits per heavy atom. The number of rotatable bonds is 4. The minimum Gasteiger partial charge on any atom is -0.336 e. The average molecular weight is 358 g/mol. The summed E-state index contributed by atoms with van der Waals surface area (Å²) < 4.78 is 27.4. The molecule has 1 amide bonds. The van der Waals surface area contributed by atoms with Crippen molar-refractivity contribution < 1.29 is 13.2 Å². The van der Waals surface area contributed by atoms with Crippen LogP contribution in [0.4, 0.5) is 5.69 Å². The van der Waals surface area contributed by atoms with Gasteiger partial charge in [0.1, 0.15) is 0 Å². The molecule has 3 rings (SSSR count). The molecule has 2 aromatic rings. The SMILES string of the molecule is CC1CCCCN1C(=O)c1cccc(NS(=O)(=O)c2ccccc2)c1. The normalized spacial score (nSPS) is 18.0. The van der Waals surface area contributed by atoms with Crippen LogP contribution in [-0.4, -0.2) is 31.8 Å². The van der Waals surface area contributed by atoms with Crippen molar-refractivity contribution >= 4 is 21.6 Å². The topological polar surface area (TPSA) is 66.5 Å². The molecule has 1 N–H and O–H groups in total. The maximum absolute atomic E-state index is 12.7. The van der Waals surface area contributed by atoms with Gasteiger partial charge in [-0.3, -0.25) is 9.52 Å². The van der Waals surface area contributed by atoms with Crippen LogP contribution < -0.4 is 4.72 Å². The molecule has 1 aliphatic rings. The van der Waals surface area contributed by atoms with Crippen LogP contribution in [-0.2, 0) is 10.0 Å². The molecule has 0 radical (unpaired) electrons. The van der Waals surface area contributed by atoms with E-state index in [2.05, 4.69) is 11.6 Å². The van der Waals surface area contributed by atoms with Crippen molar-refractivity contribution in [1.29, 1.82) is 0 Å². The summed E-state index contributed by atoms with van der Waals surface area (Å²) in [4.78, 5) is 14.8. The molecule has 1 fully saturated rings. The lowest BCUT2D eigenvalue weighted by Crippen LogP contribution is -2.42. The molecule has 2 aromatic carbocycles. The summed E-state index contributed by atoms with van der Waals surface area (Å²) in [5.41, 5.74) is 0.890. The highest BCUT2D eigenvalue weighted by atomic mass is 32.2. The molecule has 0 spiro atoms. The summed E-state index contributed by atoms with van der Waals surface area (Å²) in [6.45, 7) is 2.80. The zero-order chi connectivity index (χ0) is 17.9. The quantitative estimate of drug-likeness (QED) is 0.910. The monoisotopic (exact) mass is 358 g/mol. The zero-order valence-corrected chi connectivity index (χ0v) is 15.0. The van der Waals surface area contributed by atoms with E-state index in [-0.39, 0.29) is 16.8 Å². The van der Waals surface area contributed by atoms with E-state index >= 15 is 0 Å². The van der Waals surface area contributed by atoms with Gasteiger partial charge >= 0.3 is 0 Å². The van der Waals surface area contributed by atoms with Gasteiger partial charge in [0.25, 0.3) is 15.9 Å². The molecular weight excluding hydrogens is 336 g/mol. The Bertz CT molecular complexity index is 850. The summed E-state index contributed by atoms with van der Waals surface area (Å²) in [5, 5.41) is 0. The molecule has 5 nitrogen and oxygen atoms in total. The smallest absolute Gasteiger partial charge is 0.261 e. The Morgan fingerprint density at radius 3 is 2.56 bits per heavy atom. The first-order valence-corrected chi connectivity index (χ1v) is 9.94. The number of anilines is 1. The summed E-state index contributed by atoms with van der Waals surface area (Å²) in [5.74, 6) is -0.0482. The predicted molar refractivity (Wildman–Crippen MR) is 98.0 cm³/mol. The fourth-order valence-electron chi connectivity index (χ4n) is 3.10. The summed E-state index contributed by atoms with van der Waals surface area (Å²) in [7, 11) is -3.67. The second kappa shape index (κ2) is 7.27. The Morgan fingerprint density at radius 2 is 1.84 bits per heavy atom. The molecular formula is C19H22N2O3S. The molecule has 1 aliphatic heterocycles. The number of piperidine rings is 1. The van der Waals surface area contributed by atoms with Crippen molar-refractivity contribution in [2.45, 2.75) is 37.1 Å². The lowest BCUT2D eigenvalue weighted by molar-refractivity contribution is 0.0635. The van der Waals surface area contributed by atoms with Gasteiger partial charge in [0.2, 0.25) is 0 Å². The van der Waals surface area contributed by atoms with Crippen LogP contribution in [0.5, 0.6) is 0 Å². The van der Waals surface area contributed by atoms with Crippen LogP contribution in [0, 0.1) is 0 Å². The summed E-state index contributed by atoms with van der Waals surface area (Å²) in [6.07, 6.45) is 3.16. The minimum atomic E-state index is -3.67. The van der Waals surface area contributed by atoms with Gasteiger partial charge in [0.15, 0.2) is 0 Å². The third-order valence-electron chi connectivity index (χ3n) is 4.48. The Balaban J connectivity index is 1.81. The molecule has 1 saturated heterocycles. The van der Waals surface area contributed by atoms with Crippen LogP contribution in [0.1, 0.15) is 36.5 Å². The van der Waals surface area contributed by atoms with Gasteiger partial charge in [-0.15, -0.1) is 0 Å². The molecule has 1 heterocycles. The first kappa shape index (κ1) is 17.5. The van der Waals surface area contributed by atoms with Crippen molar-refractivity contribution in [1.82, 2.24) is 4.90 Å². The van der Waals surface area contributed by atoms with Crippen LogP contribution in [0.25, 0.3) is 0 Å². The van der Waals surface area contributed by atoms with E-state index in [0.717, 1.165) is 25.8 Å². The molecule has 0 aliphatic carbocycles. The van der Waals surface area contributed by atoms with E-state index in [9.17, 15) is 13.2 Å². The maximum Gasteiger partial charge on any atom is 0.261 e. The number of likely N-dealkylation sites (tertiary alicyclic amines) is 1. The largest absolute Gasteiger partial charge is 0.336 e. The van der Waals surface area contributed by atoms with Crippen LogP contribution >= 0.6 is 0 Å². The van der Waals surface area contributed by atoms with Crippen LogP contribution in [0.3, 0.4) is 0 Å². The fourth-order valence-corrected chi connectivity index (χ4v) is 4.17. The van der Waals surface area contributed by atoms with Crippen molar-refractivity contribution in [3.63, 3.8) is 0 Å². The highest BCUT2D eigenvalue weighted by Crippen LogP contribution is 2.22. The molecule has 1 unspecified atom stereocenters. The van der Waals surface area contributed by atoms with Crippen molar-refractivity contribution in [2.75, 3.05) is 11.3 Å². The van der Waals surface area contributed by atoms with Gasteiger partial charge in [-0.05, 0) is 56.5 Å². The van der Waals surface area contributed by atoms with Gasteiger partial charge in [-0.1, -0.05) is 24.3 Å². The van der Waals surface area contributed by atoms with Crippen LogP contribution in [0.15, 0.2) is 59.5 Å². The van der Waals surface area contributed by atoms with E-state index in [1.807, 2.05) is 4.90 Å². The Hall–Kier alpha value is -2.34. The third kappa shape index (κ3) is 4.02. The van der Waals surface area contributed by atoms with E-state index in [0.29, 0.717) is 11.3 Å². The lowest BCUT2D eigenvalue weighted by Gasteiger charge is -2.33. The van der Waals surface area contributed by atoms with Gasteiger partial charge in [0, 0.05) is 23.8 Å². The second-order valence-electron chi connectivity index (χ2n) is 6.34. The highest BCUT2D eigenvalue weighted by Gasteiger charge is 2.24. The van der Waals surface area contributed by atoms with Gasteiger partial charge in [-0.2, -0.15) is 0 Å². The van der Waals surface area contributed by atoms with Gasteiger partial charge in [0.05, 0.1) is 4.90 Å². The van der Waals surface area contributed by atoms with E-state index in [4.69, 9.17) is 0 Å². The molecule has 1 atom stereocenters. The number of amides is 1. The first-order chi connectivity index (χ1) is 12.0. The van der Waals surface area contributed by atoms with Crippen molar-refractivity contribution in [2.24, 2.45) is 0 Å². The Kier molecular flexibility index (Phi) is 5.08. The van der Waals surface area contributed by atoms with E-state index < -0.39 is 10.0 Å². The number of benzene rings is 2. The van der Waals surface area contributed by atoms with Gasteiger partial charge in [-0.25, -0.2) is 8.42 Å². The van der Waals surface area contributed by atoms with Gasteiger partial charge < -0.3 is 4.90 Å². The summed E-state index contributed by atoms with van der Waals surface area (Å²) in [6, 6.07) is 15.1. The molecule has 0 aromatic heterocycles. The predicted octanol–water partition coefficient (Wildman–Crippen LogP) is 3.50. The van der Waals surface area contributed by atoms with Crippen molar-refractivity contribution in [3.05, 3.63) is 60.2 Å². The van der Waals surface area contributed by atoms with Crippen LogP contribution in [0.2, 0.25) is 0 Å². The number of nitrogens with one attached hydrogen (secondary N) is 1. The third-order valence-corrected chi connectivity index (χ3v) is 5.88. The fraction of sp³-hybridized carbons (Fsp3) is 0.316. The molecule has 25 heavy (non-hydrogen) atoms. The number of carbonyl (C=O) groups excluding carboxylic acids is 1. The Labute approximate surface area is 148 Å². The second-order valence-corrected chi connectivity index (χ2v) is 8.03. The lowest BCUT2D eigenvalue weighted by atomic mass is 10.0. The first-order valence-electron chi connectivity index (χ1n) is 8.46. The number of hydrogen-bond donors (Lipinski definition) is 1. The number of nitrogens with zero attached hydrogens (tertiary/aromatic N) is 1. The minimum absolute atomic E-state index is 0.0482. The highest BCUT2D eigenvalue weighted by molar-refractivity contribution is 7.92. The van der Waals surface area contributed by atoms with Crippen molar-refractivity contribution in [3.8, 4) is 0 Å². The molecule has 0 bridgehead atoms. The zero-order valence-electron chi connectivity index (χ0n) is 14.2. The number of hydrogen-bond acceptors (Lipinski definition) is 3. The van der Waals surface area contributed by atoms with E-state index in [1.54, 1.807) is 42.5 Å².